The highest BCUT2D eigenvalue weighted by Gasteiger charge is 2.45. The van der Waals surface area contributed by atoms with Crippen LogP contribution in [0.5, 0.6) is 0 Å². The van der Waals surface area contributed by atoms with E-state index in [2.05, 4.69) is 0 Å². The van der Waals surface area contributed by atoms with E-state index in [1.807, 2.05) is 20.8 Å². The SMILES string of the molecule is CC1C(=N)OC(C=C(Cl)Cl)C1(C)C. The predicted molar refractivity (Wildman–Crippen MR) is 55.3 cm³/mol. The van der Waals surface area contributed by atoms with E-state index in [4.69, 9.17) is 33.3 Å². The van der Waals surface area contributed by atoms with Crippen LogP contribution in [0.1, 0.15) is 20.8 Å². The molecular formula is C9H13Cl2NO. The van der Waals surface area contributed by atoms with Crippen molar-refractivity contribution in [3.8, 4) is 0 Å². The Balaban J connectivity index is 2.91. The number of ether oxygens (including phenoxy) is 1. The third-order valence-corrected chi connectivity index (χ3v) is 3.03. The first-order valence-corrected chi connectivity index (χ1v) is 4.89. The third-order valence-electron chi connectivity index (χ3n) is 2.77. The lowest BCUT2D eigenvalue weighted by molar-refractivity contribution is 0.150. The highest BCUT2D eigenvalue weighted by Crippen LogP contribution is 2.41. The lowest BCUT2D eigenvalue weighted by Gasteiger charge is -2.24. The Kier molecular flexibility index (Phi) is 2.93. The summed E-state index contributed by atoms with van der Waals surface area (Å²) in [4.78, 5) is 0. The zero-order valence-corrected chi connectivity index (χ0v) is 9.41. The van der Waals surface area contributed by atoms with E-state index in [1.165, 1.54) is 0 Å². The second kappa shape index (κ2) is 3.50. The monoisotopic (exact) mass is 221 g/mol. The first kappa shape index (κ1) is 10.9. The fraction of sp³-hybridized carbons (Fsp3) is 0.667. The van der Waals surface area contributed by atoms with Crippen LogP contribution in [0.3, 0.4) is 0 Å². The van der Waals surface area contributed by atoms with Gasteiger partial charge in [0, 0.05) is 11.3 Å². The summed E-state index contributed by atoms with van der Waals surface area (Å²) >= 11 is 11.1. The van der Waals surface area contributed by atoms with E-state index >= 15 is 0 Å². The lowest BCUT2D eigenvalue weighted by Crippen LogP contribution is -2.27. The summed E-state index contributed by atoms with van der Waals surface area (Å²) in [5.74, 6) is 0.405. The van der Waals surface area contributed by atoms with E-state index < -0.39 is 0 Å². The molecule has 1 rings (SSSR count). The number of nitrogens with one attached hydrogen (secondary N) is 1. The smallest absolute Gasteiger partial charge is 0.184 e. The first-order chi connectivity index (χ1) is 5.85. The van der Waals surface area contributed by atoms with Gasteiger partial charge in [0.2, 0.25) is 0 Å². The maximum Gasteiger partial charge on any atom is 0.184 e. The molecule has 1 N–H and O–H groups in total. The summed E-state index contributed by atoms with van der Waals surface area (Å²) < 4.78 is 5.53. The van der Waals surface area contributed by atoms with Crippen molar-refractivity contribution in [3.63, 3.8) is 0 Å². The summed E-state index contributed by atoms with van der Waals surface area (Å²) in [5.41, 5.74) is -0.119. The molecule has 1 aliphatic rings. The maximum absolute atomic E-state index is 7.55. The van der Waals surface area contributed by atoms with Crippen molar-refractivity contribution in [2.45, 2.75) is 26.9 Å². The molecule has 0 bridgehead atoms. The number of halogens is 2. The Morgan fingerprint density at radius 1 is 1.54 bits per heavy atom. The minimum absolute atomic E-state index is 0.0985. The van der Waals surface area contributed by atoms with Crippen molar-refractivity contribution in [2.75, 3.05) is 0 Å². The van der Waals surface area contributed by atoms with Crippen molar-refractivity contribution in [2.24, 2.45) is 11.3 Å². The molecule has 0 aromatic carbocycles. The average Bonchev–Trinajstić information content (AvgIpc) is 2.15. The van der Waals surface area contributed by atoms with Crippen LogP contribution in [0.2, 0.25) is 0 Å². The van der Waals surface area contributed by atoms with Gasteiger partial charge < -0.3 is 4.74 Å². The Morgan fingerprint density at radius 2 is 2.08 bits per heavy atom. The van der Waals surface area contributed by atoms with E-state index in [0.29, 0.717) is 5.90 Å². The van der Waals surface area contributed by atoms with E-state index in [-0.39, 0.29) is 21.9 Å². The summed E-state index contributed by atoms with van der Waals surface area (Å²) in [6.07, 6.45) is 1.45. The minimum atomic E-state index is -0.194. The fourth-order valence-corrected chi connectivity index (χ4v) is 1.57. The average molecular weight is 222 g/mol. The summed E-state index contributed by atoms with van der Waals surface area (Å²) in [6.45, 7) is 6.05. The van der Waals surface area contributed by atoms with Crippen LogP contribution in [-0.2, 0) is 4.74 Å². The number of rotatable bonds is 1. The van der Waals surface area contributed by atoms with Crippen molar-refractivity contribution in [1.82, 2.24) is 0 Å². The van der Waals surface area contributed by atoms with Gasteiger partial charge in [0.25, 0.3) is 0 Å². The Hall–Kier alpha value is -0.210. The Labute approximate surface area is 88.4 Å². The molecule has 0 aromatic rings. The summed E-state index contributed by atoms with van der Waals surface area (Å²) in [5, 5.41) is 7.55. The molecule has 0 amide bonds. The molecule has 13 heavy (non-hydrogen) atoms. The second-order valence-electron chi connectivity index (χ2n) is 3.90. The van der Waals surface area contributed by atoms with Gasteiger partial charge in [-0.15, -0.1) is 0 Å². The molecule has 4 heteroatoms. The molecule has 0 aliphatic carbocycles. The van der Waals surface area contributed by atoms with Crippen LogP contribution in [0.15, 0.2) is 10.6 Å². The molecule has 0 aromatic heterocycles. The van der Waals surface area contributed by atoms with Crippen LogP contribution in [-0.4, -0.2) is 12.0 Å². The lowest BCUT2D eigenvalue weighted by atomic mass is 9.78. The maximum atomic E-state index is 7.55. The molecule has 0 saturated carbocycles. The van der Waals surface area contributed by atoms with Gasteiger partial charge in [-0.2, -0.15) is 0 Å². The van der Waals surface area contributed by atoms with Crippen molar-refractivity contribution in [3.05, 3.63) is 10.6 Å². The third kappa shape index (κ3) is 2.00. The largest absolute Gasteiger partial charge is 0.473 e. The zero-order valence-electron chi connectivity index (χ0n) is 7.90. The molecule has 74 valence electrons. The summed E-state index contributed by atoms with van der Waals surface area (Å²) in [6, 6.07) is 0. The molecule has 0 spiro atoms. The van der Waals surface area contributed by atoms with E-state index in [9.17, 15) is 0 Å². The van der Waals surface area contributed by atoms with Crippen molar-refractivity contribution >= 4 is 29.1 Å². The fourth-order valence-electron chi connectivity index (χ4n) is 1.34. The van der Waals surface area contributed by atoms with Gasteiger partial charge in [-0.3, -0.25) is 5.41 Å². The van der Waals surface area contributed by atoms with Crippen molar-refractivity contribution in [1.29, 1.82) is 5.41 Å². The van der Waals surface area contributed by atoms with Crippen LogP contribution in [0, 0.1) is 16.7 Å². The van der Waals surface area contributed by atoms with Gasteiger partial charge in [-0.1, -0.05) is 44.0 Å². The summed E-state index contributed by atoms with van der Waals surface area (Å²) in [7, 11) is 0. The second-order valence-corrected chi connectivity index (χ2v) is 4.91. The molecule has 2 atom stereocenters. The minimum Gasteiger partial charge on any atom is -0.473 e. The standard InChI is InChI=1S/C9H13Cl2NO/c1-5-8(12)13-6(4-7(10)11)9(5,2)3/h4-6,12H,1-3H3. The van der Waals surface area contributed by atoms with Gasteiger partial charge >= 0.3 is 0 Å². The van der Waals surface area contributed by atoms with Gasteiger partial charge in [0.05, 0.1) is 0 Å². The Morgan fingerprint density at radius 3 is 2.38 bits per heavy atom. The number of hydrogen-bond donors (Lipinski definition) is 1. The zero-order chi connectivity index (χ0) is 10.2. The topological polar surface area (TPSA) is 33.1 Å². The van der Waals surface area contributed by atoms with E-state index in [1.54, 1.807) is 6.08 Å². The van der Waals surface area contributed by atoms with Gasteiger partial charge in [-0.05, 0) is 6.08 Å². The highest BCUT2D eigenvalue weighted by atomic mass is 35.5. The first-order valence-electron chi connectivity index (χ1n) is 4.13. The number of hydrogen-bond acceptors (Lipinski definition) is 2. The van der Waals surface area contributed by atoms with Crippen LogP contribution in [0.25, 0.3) is 0 Å². The molecule has 1 fully saturated rings. The van der Waals surface area contributed by atoms with E-state index in [0.717, 1.165) is 0 Å². The van der Waals surface area contributed by atoms with Gasteiger partial charge in [0.15, 0.2) is 5.90 Å². The van der Waals surface area contributed by atoms with Gasteiger partial charge in [-0.25, -0.2) is 0 Å². The molecule has 2 unspecified atom stereocenters. The van der Waals surface area contributed by atoms with Crippen LogP contribution < -0.4 is 0 Å². The molecule has 2 nitrogen and oxygen atoms in total. The van der Waals surface area contributed by atoms with Gasteiger partial charge in [0.1, 0.15) is 10.6 Å². The Bertz CT molecular complexity index is 256. The quantitative estimate of drug-likeness (QED) is 0.725. The highest BCUT2D eigenvalue weighted by molar-refractivity contribution is 6.55. The predicted octanol–water partition coefficient (Wildman–Crippen LogP) is 3.34. The molecule has 1 saturated heterocycles. The van der Waals surface area contributed by atoms with Crippen LogP contribution in [0.4, 0.5) is 0 Å². The molecule has 1 aliphatic heterocycles. The molecule has 0 radical (unpaired) electrons. The van der Waals surface area contributed by atoms with Crippen molar-refractivity contribution < 1.29 is 4.74 Å². The molecule has 1 heterocycles. The molecular weight excluding hydrogens is 209 g/mol. The normalized spacial score (nSPS) is 31.3. The van der Waals surface area contributed by atoms with Crippen LogP contribution >= 0.6 is 23.2 Å².